The van der Waals surface area contributed by atoms with Crippen LogP contribution in [0.25, 0.3) is 0 Å². The fraction of sp³-hybridized carbons (Fsp3) is 0.462. The first-order valence-corrected chi connectivity index (χ1v) is 7.23. The second kappa shape index (κ2) is 8.64. The largest absolute Gasteiger partial charge is 0.380 e. The predicted octanol–water partition coefficient (Wildman–Crippen LogP) is 3.60. The fourth-order valence-electron chi connectivity index (χ4n) is 1.55. The number of ether oxygens (including phenoxy) is 1. The van der Waals surface area contributed by atoms with Crippen LogP contribution in [-0.2, 0) is 16.1 Å². The SMILES string of the molecule is CCOCCN(Cc1ccc(Cl)c(Cl)c1)C(=O)CCl. The van der Waals surface area contributed by atoms with Gasteiger partial charge in [0.15, 0.2) is 0 Å². The molecule has 0 saturated heterocycles. The molecule has 0 heterocycles. The normalized spacial score (nSPS) is 10.5. The van der Waals surface area contributed by atoms with Gasteiger partial charge in [0.25, 0.3) is 0 Å². The summed E-state index contributed by atoms with van der Waals surface area (Å²) in [5.74, 6) is -0.180. The number of hydrogen-bond acceptors (Lipinski definition) is 2. The standard InChI is InChI=1S/C13H16Cl3NO2/c1-2-19-6-5-17(13(18)8-14)9-10-3-4-11(15)12(16)7-10/h3-4,7H,2,5-6,8-9H2,1H3. The van der Waals surface area contributed by atoms with Crippen molar-refractivity contribution in [2.75, 3.05) is 25.6 Å². The number of amides is 1. The Balaban J connectivity index is 2.69. The molecule has 1 aromatic carbocycles. The number of hydrogen-bond donors (Lipinski definition) is 0. The molecule has 0 spiro atoms. The van der Waals surface area contributed by atoms with E-state index in [4.69, 9.17) is 39.5 Å². The Morgan fingerprint density at radius 1 is 1.32 bits per heavy atom. The Morgan fingerprint density at radius 2 is 2.05 bits per heavy atom. The maximum Gasteiger partial charge on any atom is 0.237 e. The third kappa shape index (κ3) is 5.57. The van der Waals surface area contributed by atoms with E-state index in [2.05, 4.69) is 0 Å². The van der Waals surface area contributed by atoms with Crippen LogP contribution in [0.5, 0.6) is 0 Å². The van der Waals surface area contributed by atoms with E-state index in [1.165, 1.54) is 0 Å². The van der Waals surface area contributed by atoms with E-state index >= 15 is 0 Å². The van der Waals surface area contributed by atoms with Crippen LogP contribution in [0.3, 0.4) is 0 Å². The van der Waals surface area contributed by atoms with E-state index in [0.717, 1.165) is 5.56 Å². The van der Waals surface area contributed by atoms with Gasteiger partial charge in [-0.15, -0.1) is 11.6 Å². The van der Waals surface area contributed by atoms with Crippen molar-refractivity contribution in [3.8, 4) is 0 Å². The van der Waals surface area contributed by atoms with Crippen molar-refractivity contribution < 1.29 is 9.53 Å². The summed E-state index contributed by atoms with van der Waals surface area (Å²) in [4.78, 5) is 13.4. The van der Waals surface area contributed by atoms with Crippen LogP contribution in [0.4, 0.5) is 0 Å². The highest BCUT2D eigenvalue weighted by molar-refractivity contribution is 6.42. The van der Waals surface area contributed by atoms with Crippen molar-refractivity contribution in [2.24, 2.45) is 0 Å². The first-order chi connectivity index (χ1) is 9.08. The van der Waals surface area contributed by atoms with Crippen LogP contribution in [0.2, 0.25) is 10.0 Å². The molecular weight excluding hydrogens is 309 g/mol. The zero-order valence-corrected chi connectivity index (χ0v) is 12.9. The summed E-state index contributed by atoms with van der Waals surface area (Å²) in [6.45, 7) is 3.96. The van der Waals surface area contributed by atoms with Gasteiger partial charge < -0.3 is 9.64 Å². The minimum atomic E-state index is -0.132. The van der Waals surface area contributed by atoms with Crippen LogP contribution in [0.15, 0.2) is 18.2 Å². The second-order valence-corrected chi connectivity index (χ2v) is 4.98. The molecule has 1 rings (SSSR count). The summed E-state index contributed by atoms with van der Waals surface area (Å²) in [5.41, 5.74) is 0.907. The molecule has 0 radical (unpaired) electrons. The Bertz CT molecular complexity index is 426. The van der Waals surface area contributed by atoms with Gasteiger partial charge in [-0.05, 0) is 24.6 Å². The monoisotopic (exact) mass is 323 g/mol. The lowest BCUT2D eigenvalue weighted by molar-refractivity contribution is -0.129. The minimum absolute atomic E-state index is 0.0482. The molecule has 0 bridgehead atoms. The lowest BCUT2D eigenvalue weighted by Gasteiger charge is -2.22. The lowest BCUT2D eigenvalue weighted by Crippen LogP contribution is -2.34. The molecule has 19 heavy (non-hydrogen) atoms. The van der Waals surface area contributed by atoms with E-state index in [-0.39, 0.29) is 11.8 Å². The molecule has 1 amide bonds. The van der Waals surface area contributed by atoms with E-state index < -0.39 is 0 Å². The van der Waals surface area contributed by atoms with Crippen LogP contribution in [-0.4, -0.2) is 36.4 Å². The highest BCUT2D eigenvalue weighted by Gasteiger charge is 2.13. The van der Waals surface area contributed by atoms with Gasteiger partial charge in [-0.25, -0.2) is 0 Å². The molecule has 0 aliphatic carbocycles. The summed E-state index contributed by atoms with van der Waals surface area (Å²) in [6.07, 6.45) is 0. The second-order valence-electron chi connectivity index (χ2n) is 3.89. The van der Waals surface area contributed by atoms with Gasteiger partial charge in [-0.3, -0.25) is 4.79 Å². The topological polar surface area (TPSA) is 29.5 Å². The Morgan fingerprint density at radius 3 is 2.63 bits per heavy atom. The molecule has 0 aromatic heterocycles. The maximum absolute atomic E-state index is 11.7. The average Bonchev–Trinajstić information content (AvgIpc) is 2.41. The number of halogens is 3. The summed E-state index contributed by atoms with van der Waals surface area (Å²) in [7, 11) is 0. The molecule has 0 aliphatic heterocycles. The Kier molecular flexibility index (Phi) is 7.54. The highest BCUT2D eigenvalue weighted by Crippen LogP contribution is 2.23. The van der Waals surface area contributed by atoms with Gasteiger partial charge in [0.05, 0.1) is 16.7 Å². The van der Waals surface area contributed by atoms with E-state index in [0.29, 0.717) is 36.3 Å². The molecule has 0 saturated carbocycles. The number of carbonyl (C=O) groups excluding carboxylic acids is 1. The van der Waals surface area contributed by atoms with Crippen LogP contribution >= 0.6 is 34.8 Å². The van der Waals surface area contributed by atoms with Crippen molar-refractivity contribution >= 4 is 40.7 Å². The van der Waals surface area contributed by atoms with Gasteiger partial charge in [0.2, 0.25) is 5.91 Å². The predicted molar refractivity (Wildman–Crippen MR) is 79.1 cm³/mol. The number of nitrogens with zero attached hydrogens (tertiary/aromatic N) is 1. The van der Waals surface area contributed by atoms with Gasteiger partial charge in [-0.1, -0.05) is 29.3 Å². The van der Waals surface area contributed by atoms with Crippen molar-refractivity contribution in [3.63, 3.8) is 0 Å². The maximum atomic E-state index is 11.7. The number of alkyl halides is 1. The van der Waals surface area contributed by atoms with Crippen molar-refractivity contribution in [1.82, 2.24) is 4.90 Å². The van der Waals surface area contributed by atoms with Crippen LogP contribution < -0.4 is 0 Å². The van der Waals surface area contributed by atoms with Crippen molar-refractivity contribution in [2.45, 2.75) is 13.5 Å². The van der Waals surface area contributed by atoms with Crippen molar-refractivity contribution in [3.05, 3.63) is 33.8 Å². The average molecular weight is 325 g/mol. The Hall–Kier alpha value is -0.480. The summed E-state index contributed by atoms with van der Waals surface area (Å²) < 4.78 is 5.26. The summed E-state index contributed by atoms with van der Waals surface area (Å²) >= 11 is 17.4. The summed E-state index contributed by atoms with van der Waals surface area (Å²) in [5, 5.41) is 0.970. The van der Waals surface area contributed by atoms with Gasteiger partial charge in [0, 0.05) is 19.7 Å². The van der Waals surface area contributed by atoms with E-state index in [1.54, 1.807) is 17.0 Å². The third-order valence-electron chi connectivity index (χ3n) is 2.53. The third-order valence-corrected chi connectivity index (χ3v) is 3.50. The zero-order chi connectivity index (χ0) is 14.3. The molecule has 3 nitrogen and oxygen atoms in total. The molecule has 0 unspecified atom stereocenters. The molecule has 106 valence electrons. The highest BCUT2D eigenvalue weighted by atomic mass is 35.5. The zero-order valence-electron chi connectivity index (χ0n) is 10.7. The summed E-state index contributed by atoms with van der Waals surface area (Å²) in [6, 6.07) is 5.30. The fourth-order valence-corrected chi connectivity index (χ4v) is 2.04. The molecule has 6 heteroatoms. The van der Waals surface area contributed by atoms with Gasteiger partial charge in [0.1, 0.15) is 5.88 Å². The molecule has 0 N–H and O–H groups in total. The van der Waals surface area contributed by atoms with Gasteiger partial charge >= 0.3 is 0 Å². The quantitative estimate of drug-likeness (QED) is 0.566. The number of benzene rings is 1. The Labute approximate surface area is 128 Å². The van der Waals surface area contributed by atoms with Crippen molar-refractivity contribution in [1.29, 1.82) is 0 Å². The lowest BCUT2D eigenvalue weighted by atomic mass is 10.2. The number of carbonyl (C=O) groups is 1. The van der Waals surface area contributed by atoms with Crippen LogP contribution in [0.1, 0.15) is 12.5 Å². The molecule has 1 aromatic rings. The van der Waals surface area contributed by atoms with E-state index in [9.17, 15) is 4.79 Å². The van der Waals surface area contributed by atoms with Gasteiger partial charge in [-0.2, -0.15) is 0 Å². The molecule has 0 atom stereocenters. The molecule has 0 aliphatic rings. The van der Waals surface area contributed by atoms with E-state index in [1.807, 2.05) is 13.0 Å². The molecular formula is C13H16Cl3NO2. The van der Waals surface area contributed by atoms with Crippen LogP contribution in [0, 0.1) is 0 Å². The first-order valence-electron chi connectivity index (χ1n) is 5.94. The first kappa shape index (κ1) is 16.6. The number of rotatable bonds is 7. The smallest absolute Gasteiger partial charge is 0.237 e. The minimum Gasteiger partial charge on any atom is -0.380 e. The molecule has 0 fully saturated rings.